The molecule has 1 atom stereocenters. The molecule has 0 heterocycles. The number of nitrogens with two attached hydrogens (primary N) is 1. The van der Waals surface area contributed by atoms with Gasteiger partial charge in [0.05, 0.1) is 6.61 Å². The van der Waals surface area contributed by atoms with E-state index in [0.717, 1.165) is 0 Å². The van der Waals surface area contributed by atoms with Crippen LogP contribution in [0.3, 0.4) is 0 Å². The molecule has 16 heavy (non-hydrogen) atoms. The number of carbonyl (C=O) groups excluding carboxylic acids is 1. The smallest absolute Gasteiger partial charge is 0.395 e. The van der Waals surface area contributed by atoms with E-state index in [1.165, 1.54) is 6.92 Å². The SMILES string of the molecule is CC(CCN)C(=O)N(CCO)CC(F)(F)F. The molecule has 0 bridgehead atoms. The minimum absolute atomic E-state index is 0.242. The van der Waals surface area contributed by atoms with Gasteiger partial charge in [-0.25, -0.2) is 0 Å². The van der Waals surface area contributed by atoms with Gasteiger partial charge in [-0.15, -0.1) is 0 Å². The van der Waals surface area contributed by atoms with Crippen molar-refractivity contribution in [2.75, 3.05) is 26.2 Å². The number of hydrogen-bond donors (Lipinski definition) is 2. The highest BCUT2D eigenvalue weighted by molar-refractivity contribution is 5.78. The Morgan fingerprint density at radius 2 is 2.06 bits per heavy atom. The van der Waals surface area contributed by atoms with E-state index in [1.807, 2.05) is 0 Å². The Morgan fingerprint density at radius 1 is 1.50 bits per heavy atom. The quantitative estimate of drug-likeness (QED) is 0.706. The second-order valence-corrected chi connectivity index (χ2v) is 3.58. The van der Waals surface area contributed by atoms with E-state index in [2.05, 4.69) is 0 Å². The van der Waals surface area contributed by atoms with Gasteiger partial charge in [0.2, 0.25) is 5.91 Å². The van der Waals surface area contributed by atoms with Gasteiger partial charge in [-0.1, -0.05) is 6.92 Å². The van der Waals surface area contributed by atoms with Crippen LogP contribution >= 0.6 is 0 Å². The first kappa shape index (κ1) is 15.2. The number of aliphatic hydroxyl groups excluding tert-OH is 1. The molecular weight excluding hydrogens is 225 g/mol. The Morgan fingerprint density at radius 3 is 2.44 bits per heavy atom. The third kappa shape index (κ3) is 5.92. The van der Waals surface area contributed by atoms with E-state index in [4.69, 9.17) is 10.8 Å². The maximum atomic E-state index is 12.1. The van der Waals surface area contributed by atoms with Crippen molar-refractivity contribution in [3.8, 4) is 0 Å². The zero-order valence-corrected chi connectivity index (χ0v) is 9.13. The van der Waals surface area contributed by atoms with Crippen molar-refractivity contribution < 1.29 is 23.1 Å². The largest absolute Gasteiger partial charge is 0.406 e. The van der Waals surface area contributed by atoms with Crippen LogP contribution in [0.2, 0.25) is 0 Å². The van der Waals surface area contributed by atoms with Crippen molar-refractivity contribution in [2.45, 2.75) is 19.5 Å². The molecule has 0 fully saturated rings. The summed E-state index contributed by atoms with van der Waals surface area (Å²) in [6, 6.07) is 0. The molecule has 1 unspecified atom stereocenters. The number of hydrogen-bond acceptors (Lipinski definition) is 3. The maximum absolute atomic E-state index is 12.1. The summed E-state index contributed by atoms with van der Waals surface area (Å²) in [5, 5.41) is 8.61. The molecule has 96 valence electrons. The number of nitrogens with zero attached hydrogens (tertiary/aromatic N) is 1. The molecule has 0 saturated heterocycles. The average Bonchev–Trinajstić information content (AvgIpc) is 2.14. The highest BCUT2D eigenvalue weighted by atomic mass is 19.4. The van der Waals surface area contributed by atoms with Crippen LogP contribution in [0.4, 0.5) is 13.2 Å². The summed E-state index contributed by atoms with van der Waals surface area (Å²) in [5.41, 5.74) is 5.23. The number of aliphatic hydroxyl groups is 1. The van der Waals surface area contributed by atoms with Gasteiger partial charge in [0.25, 0.3) is 0 Å². The first-order valence-corrected chi connectivity index (χ1v) is 4.98. The minimum atomic E-state index is -4.45. The number of halogens is 3. The first-order chi connectivity index (χ1) is 7.31. The standard InChI is InChI=1S/C9H17F3N2O2/c1-7(2-3-13)8(16)14(4-5-15)6-9(10,11)12/h7,15H,2-6,13H2,1H3. The van der Waals surface area contributed by atoms with E-state index < -0.39 is 31.2 Å². The van der Waals surface area contributed by atoms with Crippen LogP contribution in [0, 0.1) is 5.92 Å². The molecule has 4 nitrogen and oxygen atoms in total. The normalized spacial score (nSPS) is 13.6. The van der Waals surface area contributed by atoms with E-state index in [1.54, 1.807) is 0 Å². The van der Waals surface area contributed by atoms with Gasteiger partial charge in [-0.05, 0) is 13.0 Å². The lowest BCUT2D eigenvalue weighted by Gasteiger charge is -2.25. The fourth-order valence-corrected chi connectivity index (χ4v) is 1.29. The van der Waals surface area contributed by atoms with Crippen LogP contribution in [-0.4, -0.2) is 48.3 Å². The van der Waals surface area contributed by atoms with Crippen molar-refractivity contribution in [1.82, 2.24) is 4.90 Å². The van der Waals surface area contributed by atoms with Crippen molar-refractivity contribution in [3.63, 3.8) is 0 Å². The number of rotatable bonds is 6. The Hall–Kier alpha value is -0.820. The molecule has 0 aromatic heterocycles. The van der Waals surface area contributed by atoms with Crippen molar-refractivity contribution in [3.05, 3.63) is 0 Å². The van der Waals surface area contributed by atoms with Crippen LogP contribution in [0.5, 0.6) is 0 Å². The zero-order valence-electron chi connectivity index (χ0n) is 9.13. The van der Waals surface area contributed by atoms with Gasteiger partial charge in [0, 0.05) is 12.5 Å². The summed E-state index contributed by atoms with van der Waals surface area (Å²) in [6.07, 6.45) is -4.12. The molecule has 0 aliphatic heterocycles. The lowest BCUT2D eigenvalue weighted by atomic mass is 10.1. The van der Waals surface area contributed by atoms with Gasteiger partial charge in [0.15, 0.2) is 0 Å². The highest BCUT2D eigenvalue weighted by Gasteiger charge is 2.33. The van der Waals surface area contributed by atoms with Crippen LogP contribution in [-0.2, 0) is 4.79 Å². The molecule has 1 amide bonds. The third-order valence-corrected chi connectivity index (χ3v) is 2.07. The molecule has 0 rings (SSSR count). The summed E-state index contributed by atoms with van der Waals surface area (Å²) in [5.74, 6) is -1.18. The summed E-state index contributed by atoms with van der Waals surface area (Å²) < 4.78 is 36.4. The molecule has 0 aliphatic carbocycles. The van der Waals surface area contributed by atoms with Crippen LogP contribution in [0.15, 0.2) is 0 Å². The number of amides is 1. The number of alkyl halides is 3. The van der Waals surface area contributed by atoms with Crippen LogP contribution < -0.4 is 5.73 Å². The summed E-state index contributed by atoms with van der Waals surface area (Å²) >= 11 is 0. The minimum Gasteiger partial charge on any atom is -0.395 e. The topological polar surface area (TPSA) is 66.6 Å². The average molecular weight is 242 g/mol. The third-order valence-electron chi connectivity index (χ3n) is 2.07. The zero-order chi connectivity index (χ0) is 12.8. The van der Waals surface area contributed by atoms with Gasteiger partial charge in [-0.3, -0.25) is 4.79 Å². The highest BCUT2D eigenvalue weighted by Crippen LogP contribution is 2.18. The Kier molecular flexibility index (Phi) is 6.35. The van der Waals surface area contributed by atoms with E-state index in [0.29, 0.717) is 11.3 Å². The lowest BCUT2D eigenvalue weighted by molar-refractivity contribution is -0.164. The molecule has 0 aromatic carbocycles. The monoisotopic (exact) mass is 242 g/mol. The lowest BCUT2D eigenvalue weighted by Crippen LogP contribution is -2.43. The maximum Gasteiger partial charge on any atom is 0.406 e. The summed E-state index contributed by atoms with van der Waals surface area (Å²) in [7, 11) is 0. The fourth-order valence-electron chi connectivity index (χ4n) is 1.29. The molecule has 0 spiro atoms. The summed E-state index contributed by atoms with van der Waals surface area (Å²) in [4.78, 5) is 12.2. The molecule has 0 aliphatic rings. The molecule has 0 saturated carbocycles. The van der Waals surface area contributed by atoms with Gasteiger partial charge in [0.1, 0.15) is 6.54 Å². The van der Waals surface area contributed by atoms with Gasteiger partial charge >= 0.3 is 6.18 Å². The Labute approximate surface area is 92.2 Å². The second kappa shape index (κ2) is 6.70. The van der Waals surface area contributed by atoms with E-state index >= 15 is 0 Å². The second-order valence-electron chi connectivity index (χ2n) is 3.58. The Balaban J connectivity index is 4.46. The first-order valence-electron chi connectivity index (χ1n) is 4.98. The predicted octanol–water partition coefficient (Wildman–Crippen LogP) is 0.354. The fraction of sp³-hybridized carbons (Fsp3) is 0.889. The summed E-state index contributed by atoms with van der Waals surface area (Å²) in [6.45, 7) is -0.368. The van der Waals surface area contributed by atoms with Gasteiger partial charge < -0.3 is 15.7 Å². The predicted molar refractivity (Wildman–Crippen MR) is 52.6 cm³/mol. The van der Waals surface area contributed by atoms with E-state index in [9.17, 15) is 18.0 Å². The van der Waals surface area contributed by atoms with Crippen molar-refractivity contribution in [2.24, 2.45) is 11.7 Å². The van der Waals surface area contributed by atoms with Crippen molar-refractivity contribution in [1.29, 1.82) is 0 Å². The van der Waals surface area contributed by atoms with Crippen LogP contribution in [0.1, 0.15) is 13.3 Å². The van der Waals surface area contributed by atoms with E-state index in [-0.39, 0.29) is 13.1 Å². The van der Waals surface area contributed by atoms with Crippen molar-refractivity contribution >= 4 is 5.91 Å². The number of carbonyl (C=O) groups is 1. The van der Waals surface area contributed by atoms with Gasteiger partial charge in [-0.2, -0.15) is 13.2 Å². The van der Waals surface area contributed by atoms with Crippen LogP contribution in [0.25, 0.3) is 0 Å². The molecule has 3 N–H and O–H groups in total. The Bertz CT molecular complexity index is 221. The molecule has 0 radical (unpaired) electrons. The molecule has 0 aromatic rings. The molecule has 7 heteroatoms. The molecular formula is C9H17F3N2O2.